The van der Waals surface area contributed by atoms with Crippen LogP contribution >= 0.6 is 0 Å². The summed E-state index contributed by atoms with van der Waals surface area (Å²) >= 11 is 0. The number of carbonyl (C=O) groups is 1. The number of nitrogens with zero attached hydrogens (tertiary/aromatic N) is 2. The number of alkyl halides is 2. The van der Waals surface area contributed by atoms with Gasteiger partial charge in [-0.25, -0.2) is 0 Å². The van der Waals surface area contributed by atoms with Gasteiger partial charge in [0.2, 0.25) is 0 Å². The molecule has 1 fully saturated rings. The maximum Gasteiger partial charge on any atom is 0.387 e. The highest BCUT2D eigenvalue weighted by atomic mass is 19.3. The van der Waals surface area contributed by atoms with E-state index in [1.54, 1.807) is 29.2 Å². The lowest BCUT2D eigenvalue weighted by Crippen LogP contribution is -2.49. The lowest BCUT2D eigenvalue weighted by Gasteiger charge is -2.35. The quantitative estimate of drug-likeness (QED) is 0.707. The average Bonchev–Trinajstić information content (AvgIpc) is 2.70. The van der Waals surface area contributed by atoms with Crippen molar-refractivity contribution >= 4 is 5.91 Å². The van der Waals surface area contributed by atoms with Gasteiger partial charge in [-0.1, -0.05) is 30.3 Å². The van der Waals surface area contributed by atoms with Gasteiger partial charge in [0.15, 0.2) is 6.61 Å². The first-order valence-electron chi connectivity index (χ1n) is 9.66. The Balaban J connectivity index is 1.49. The number of aryl methyl sites for hydroxylation is 1. The molecule has 1 aliphatic rings. The fourth-order valence-electron chi connectivity index (χ4n) is 3.35. The zero-order valence-corrected chi connectivity index (χ0v) is 16.7. The highest BCUT2D eigenvalue weighted by Crippen LogP contribution is 2.23. The number of hydrogen-bond donors (Lipinski definition) is 0. The van der Waals surface area contributed by atoms with E-state index in [1.807, 2.05) is 32.0 Å². The van der Waals surface area contributed by atoms with Crippen molar-refractivity contribution in [2.24, 2.45) is 0 Å². The molecule has 3 rings (SSSR count). The van der Waals surface area contributed by atoms with Gasteiger partial charge in [0.05, 0.1) is 0 Å². The molecule has 29 heavy (non-hydrogen) atoms. The van der Waals surface area contributed by atoms with E-state index in [0.29, 0.717) is 38.3 Å². The Bertz CT molecular complexity index is 837. The van der Waals surface area contributed by atoms with E-state index in [2.05, 4.69) is 9.64 Å². The van der Waals surface area contributed by atoms with Crippen LogP contribution in [-0.2, 0) is 11.3 Å². The van der Waals surface area contributed by atoms with Crippen LogP contribution in [0.4, 0.5) is 8.78 Å². The second-order valence-electron chi connectivity index (χ2n) is 7.13. The summed E-state index contributed by atoms with van der Waals surface area (Å²) in [4.78, 5) is 16.4. The molecule has 5 nitrogen and oxygen atoms in total. The Hall–Kier alpha value is -2.67. The van der Waals surface area contributed by atoms with E-state index in [4.69, 9.17) is 4.74 Å². The summed E-state index contributed by atoms with van der Waals surface area (Å²) in [5.74, 6) is 0.877. The molecule has 0 radical (unpaired) electrons. The Morgan fingerprint density at radius 1 is 1.00 bits per heavy atom. The smallest absolute Gasteiger partial charge is 0.387 e. The summed E-state index contributed by atoms with van der Waals surface area (Å²) in [5, 5.41) is 0. The highest BCUT2D eigenvalue weighted by molar-refractivity contribution is 5.78. The maximum absolute atomic E-state index is 12.6. The van der Waals surface area contributed by atoms with E-state index in [0.717, 1.165) is 16.9 Å². The summed E-state index contributed by atoms with van der Waals surface area (Å²) in [6, 6.07) is 12.6. The number of amides is 1. The fourth-order valence-corrected chi connectivity index (χ4v) is 3.35. The van der Waals surface area contributed by atoms with Crippen LogP contribution in [0.3, 0.4) is 0 Å². The number of hydrogen-bond acceptors (Lipinski definition) is 4. The number of halogens is 2. The van der Waals surface area contributed by atoms with Crippen LogP contribution in [0.5, 0.6) is 11.5 Å². The first-order chi connectivity index (χ1) is 13.9. The number of carbonyl (C=O) groups excluding carboxylic acids is 1. The van der Waals surface area contributed by atoms with Crippen molar-refractivity contribution in [2.45, 2.75) is 27.0 Å². The second kappa shape index (κ2) is 9.69. The molecule has 156 valence electrons. The van der Waals surface area contributed by atoms with Crippen molar-refractivity contribution in [2.75, 3.05) is 32.8 Å². The van der Waals surface area contributed by atoms with Crippen LogP contribution < -0.4 is 9.47 Å². The molecule has 2 aromatic carbocycles. The van der Waals surface area contributed by atoms with Gasteiger partial charge in [-0.3, -0.25) is 9.69 Å². The predicted molar refractivity (Wildman–Crippen MR) is 106 cm³/mol. The molecule has 1 amide bonds. The molecule has 7 heteroatoms. The third kappa shape index (κ3) is 5.67. The second-order valence-corrected chi connectivity index (χ2v) is 7.13. The predicted octanol–water partition coefficient (Wildman–Crippen LogP) is 3.63. The topological polar surface area (TPSA) is 42.0 Å². The number of ether oxygens (including phenoxy) is 2. The van der Waals surface area contributed by atoms with Crippen LogP contribution in [-0.4, -0.2) is 55.1 Å². The number of para-hydroxylation sites is 1. The van der Waals surface area contributed by atoms with Gasteiger partial charge in [0.1, 0.15) is 11.5 Å². The van der Waals surface area contributed by atoms with E-state index >= 15 is 0 Å². The number of rotatable bonds is 7. The van der Waals surface area contributed by atoms with Gasteiger partial charge in [0, 0.05) is 38.3 Å². The molecule has 2 aromatic rings. The molecule has 1 saturated heterocycles. The molecule has 0 saturated carbocycles. The van der Waals surface area contributed by atoms with E-state index in [1.165, 1.54) is 0 Å². The molecule has 1 heterocycles. The van der Waals surface area contributed by atoms with Crippen LogP contribution in [0.2, 0.25) is 0 Å². The fraction of sp³-hybridized carbons (Fsp3) is 0.409. The van der Waals surface area contributed by atoms with Crippen molar-refractivity contribution in [3.63, 3.8) is 0 Å². The number of benzene rings is 2. The lowest BCUT2D eigenvalue weighted by atomic mass is 10.1. The van der Waals surface area contributed by atoms with Crippen LogP contribution in [0.15, 0.2) is 42.5 Å². The van der Waals surface area contributed by atoms with Gasteiger partial charge in [-0.05, 0) is 37.1 Å². The molecular formula is C22H26F2N2O3. The summed E-state index contributed by atoms with van der Waals surface area (Å²) in [5.41, 5.74) is 2.88. The maximum atomic E-state index is 12.6. The van der Waals surface area contributed by atoms with Gasteiger partial charge < -0.3 is 14.4 Å². The SMILES string of the molecule is Cc1cccc(OCC(=O)N2CCN(Cc3ccccc3OC(F)F)CC2)c1C. The summed E-state index contributed by atoms with van der Waals surface area (Å²) in [7, 11) is 0. The van der Waals surface area contributed by atoms with E-state index in [9.17, 15) is 13.6 Å². The normalized spacial score (nSPS) is 14.9. The summed E-state index contributed by atoms with van der Waals surface area (Å²) in [6.45, 7) is 4.13. The van der Waals surface area contributed by atoms with Crippen LogP contribution in [0.1, 0.15) is 16.7 Å². The third-order valence-corrected chi connectivity index (χ3v) is 5.21. The van der Waals surface area contributed by atoms with Gasteiger partial charge in [-0.15, -0.1) is 0 Å². The largest absolute Gasteiger partial charge is 0.483 e. The van der Waals surface area contributed by atoms with Gasteiger partial charge in [0.25, 0.3) is 5.91 Å². The van der Waals surface area contributed by atoms with Crippen LogP contribution in [0.25, 0.3) is 0 Å². The molecule has 0 spiro atoms. The highest BCUT2D eigenvalue weighted by Gasteiger charge is 2.22. The van der Waals surface area contributed by atoms with Crippen molar-refractivity contribution in [3.8, 4) is 11.5 Å². The Morgan fingerprint density at radius 2 is 1.69 bits per heavy atom. The van der Waals surface area contributed by atoms with E-state index < -0.39 is 6.61 Å². The first-order valence-corrected chi connectivity index (χ1v) is 9.66. The standard InChI is InChI=1S/C22H26F2N2O3/c1-16-6-5-9-19(17(16)2)28-15-21(27)26-12-10-25(11-13-26)14-18-7-3-4-8-20(18)29-22(23)24/h3-9,22H,10-15H2,1-2H3. The Labute approximate surface area is 169 Å². The minimum atomic E-state index is -2.84. The molecule has 0 aliphatic carbocycles. The average molecular weight is 404 g/mol. The Morgan fingerprint density at radius 3 is 2.41 bits per heavy atom. The molecule has 0 atom stereocenters. The lowest BCUT2D eigenvalue weighted by molar-refractivity contribution is -0.135. The van der Waals surface area contributed by atoms with Gasteiger partial charge in [-0.2, -0.15) is 8.78 Å². The summed E-state index contributed by atoms with van der Waals surface area (Å²) < 4.78 is 35.5. The van der Waals surface area contributed by atoms with Crippen molar-refractivity contribution < 1.29 is 23.0 Å². The van der Waals surface area contributed by atoms with E-state index in [-0.39, 0.29) is 18.3 Å². The van der Waals surface area contributed by atoms with Gasteiger partial charge >= 0.3 is 6.61 Å². The van der Waals surface area contributed by atoms with Crippen LogP contribution in [0, 0.1) is 13.8 Å². The third-order valence-electron chi connectivity index (χ3n) is 5.21. The molecule has 0 aromatic heterocycles. The van der Waals surface area contributed by atoms with Crippen molar-refractivity contribution in [1.29, 1.82) is 0 Å². The van der Waals surface area contributed by atoms with Crippen molar-refractivity contribution in [3.05, 3.63) is 59.2 Å². The first kappa shape index (κ1) is 21.0. The minimum absolute atomic E-state index is 0.00928. The molecule has 0 bridgehead atoms. The number of piperazine rings is 1. The zero-order valence-electron chi connectivity index (χ0n) is 16.7. The summed E-state index contributed by atoms with van der Waals surface area (Å²) in [6.07, 6.45) is 0. The zero-order chi connectivity index (χ0) is 20.8. The molecule has 1 aliphatic heterocycles. The molecular weight excluding hydrogens is 378 g/mol. The van der Waals surface area contributed by atoms with Crippen molar-refractivity contribution in [1.82, 2.24) is 9.80 Å². The monoisotopic (exact) mass is 404 g/mol. The molecule has 0 N–H and O–H groups in total. The minimum Gasteiger partial charge on any atom is -0.483 e. The Kier molecular flexibility index (Phi) is 7.04. The molecule has 0 unspecified atom stereocenters.